The molecule has 7 heteroatoms. The Morgan fingerprint density at radius 3 is 2.83 bits per heavy atom. The molecule has 0 bridgehead atoms. The van der Waals surface area contributed by atoms with Crippen molar-refractivity contribution in [2.75, 3.05) is 45.9 Å². The summed E-state index contributed by atoms with van der Waals surface area (Å²) < 4.78 is 7.40. The van der Waals surface area contributed by atoms with Crippen LogP contribution in [0.3, 0.4) is 0 Å². The molecule has 1 aromatic heterocycles. The number of ether oxygens (including phenoxy) is 1. The van der Waals surface area contributed by atoms with Crippen LogP contribution in [0.15, 0.2) is 17.4 Å². The van der Waals surface area contributed by atoms with Crippen LogP contribution in [0, 0.1) is 6.92 Å². The van der Waals surface area contributed by atoms with E-state index in [4.69, 9.17) is 9.73 Å². The van der Waals surface area contributed by atoms with Crippen LogP contribution in [0.5, 0.6) is 0 Å². The van der Waals surface area contributed by atoms with Crippen LogP contribution >= 0.6 is 0 Å². The van der Waals surface area contributed by atoms with Gasteiger partial charge in [0.2, 0.25) is 0 Å². The van der Waals surface area contributed by atoms with Gasteiger partial charge in [0.1, 0.15) is 0 Å². The third-order valence-corrected chi connectivity index (χ3v) is 4.15. The molecular formula is C17H32N6O. The molecule has 0 saturated carbocycles. The van der Waals surface area contributed by atoms with E-state index in [2.05, 4.69) is 47.6 Å². The van der Waals surface area contributed by atoms with Gasteiger partial charge in [0.15, 0.2) is 5.96 Å². The molecule has 0 radical (unpaired) electrons. The molecule has 1 atom stereocenters. The molecule has 1 saturated heterocycles. The molecule has 2 heterocycles. The Morgan fingerprint density at radius 1 is 1.38 bits per heavy atom. The maximum Gasteiger partial charge on any atom is 0.191 e. The molecule has 24 heavy (non-hydrogen) atoms. The van der Waals surface area contributed by atoms with Crippen molar-refractivity contribution < 1.29 is 4.74 Å². The smallest absolute Gasteiger partial charge is 0.191 e. The van der Waals surface area contributed by atoms with Crippen LogP contribution in [-0.4, -0.2) is 72.6 Å². The highest BCUT2D eigenvalue weighted by atomic mass is 16.5. The second-order valence-electron chi connectivity index (χ2n) is 6.28. The summed E-state index contributed by atoms with van der Waals surface area (Å²) in [7, 11) is 0. The number of nitrogens with one attached hydrogen (secondary N) is 2. The first-order valence-corrected chi connectivity index (χ1v) is 9.02. The Morgan fingerprint density at radius 2 is 2.17 bits per heavy atom. The van der Waals surface area contributed by atoms with Gasteiger partial charge in [0.05, 0.1) is 26.0 Å². The third-order valence-electron chi connectivity index (χ3n) is 4.15. The lowest BCUT2D eigenvalue weighted by atomic mass is 10.2. The molecule has 1 unspecified atom stereocenters. The first-order valence-electron chi connectivity index (χ1n) is 9.02. The number of hydrogen-bond acceptors (Lipinski definition) is 4. The lowest BCUT2D eigenvalue weighted by molar-refractivity contribution is 0.0220. The Bertz CT molecular complexity index is 495. The summed E-state index contributed by atoms with van der Waals surface area (Å²) in [5, 5.41) is 11.0. The van der Waals surface area contributed by atoms with E-state index in [1.807, 2.05) is 10.9 Å². The molecule has 2 rings (SSSR count). The predicted molar refractivity (Wildman–Crippen MR) is 97.4 cm³/mol. The normalized spacial score (nSPS) is 17.7. The van der Waals surface area contributed by atoms with Crippen LogP contribution in [0.2, 0.25) is 0 Å². The van der Waals surface area contributed by atoms with Gasteiger partial charge >= 0.3 is 0 Å². The molecular weight excluding hydrogens is 304 g/mol. The summed E-state index contributed by atoms with van der Waals surface area (Å²) in [6.45, 7) is 13.5. The third kappa shape index (κ3) is 6.49. The van der Waals surface area contributed by atoms with E-state index in [0.29, 0.717) is 6.04 Å². The molecule has 0 aromatic carbocycles. The first-order chi connectivity index (χ1) is 11.7. The fourth-order valence-electron chi connectivity index (χ4n) is 2.74. The van der Waals surface area contributed by atoms with Crippen LogP contribution < -0.4 is 10.6 Å². The largest absolute Gasteiger partial charge is 0.379 e. The van der Waals surface area contributed by atoms with E-state index in [0.717, 1.165) is 64.9 Å². The molecule has 136 valence electrons. The van der Waals surface area contributed by atoms with E-state index >= 15 is 0 Å². The average molecular weight is 336 g/mol. The molecule has 1 fully saturated rings. The molecule has 0 spiro atoms. The highest BCUT2D eigenvalue weighted by Gasteiger charge is 2.16. The number of guanidine groups is 1. The second kappa shape index (κ2) is 10.3. The minimum atomic E-state index is 0.441. The quantitative estimate of drug-likeness (QED) is 0.419. The highest BCUT2D eigenvalue weighted by molar-refractivity contribution is 5.79. The van der Waals surface area contributed by atoms with Gasteiger partial charge in [0.25, 0.3) is 0 Å². The Hall–Kier alpha value is -1.60. The molecule has 1 aromatic rings. The zero-order valence-corrected chi connectivity index (χ0v) is 15.3. The number of aryl methyl sites for hydroxylation is 2. The number of aromatic nitrogens is 2. The molecule has 7 nitrogen and oxygen atoms in total. The Labute approximate surface area is 145 Å². The zero-order chi connectivity index (χ0) is 17.2. The molecule has 0 aliphatic carbocycles. The second-order valence-corrected chi connectivity index (χ2v) is 6.28. The van der Waals surface area contributed by atoms with Crippen molar-refractivity contribution >= 4 is 5.96 Å². The van der Waals surface area contributed by atoms with Gasteiger partial charge in [-0.25, -0.2) is 0 Å². The summed E-state index contributed by atoms with van der Waals surface area (Å²) in [4.78, 5) is 7.17. The van der Waals surface area contributed by atoms with Crippen LogP contribution in [0.1, 0.15) is 25.8 Å². The summed E-state index contributed by atoms with van der Waals surface area (Å²) in [5.41, 5.74) is 1.20. The molecule has 1 aliphatic rings. The molecule has 2 N–H and O–H groups in total. The first kappa shape index (κ1) is 18.7. The summed E-state index contributed by atoms with van der Waals surface area (Å²) >= 11 is 0. The summed E-state index contributed by atoms with van der Waals surface area (Å²) in [6, 6.07) is 0.441. The maximum atomic E-state index is 5.41. The Kier molecular flexibility index (Phi) is 8.04. The van der Waals surface area contributed by atoms with Crippen molar-refractivity contribution in [2.45, 2.75) is 39.8 Å². The SMILES string of the molecule is CCNC(=NCC(C)N1CCOCC1)NCCCn1cc(C)cn1. The van der Waals surface area contributed by atoms with Gasteiger partial charge in [-0.3, -0.25) is 14.6 Å². The fourth-order valence-corrected chi connectivity index (χ4v) is 2.74. The fraction of sp³-hybridized carbons (Fsp3) is 0.765. The number of hydrogen-bond donors (Lipinski definition) is 2. The van der Waals surface area contributed by atoms with E-state index in [1.54, 1.807) is 0 Å². The van der Waals surface area contributed by atoms with Crippen LogP contribution in [0.4, 0.5) is 0 Å². The van der Waals surface area contributed by atoms with Gasteiger partial charge in [-0.2, -0.15) is 5.10 Å². The van der Waals surface area contributed by atoms with Crippen molar-refractivity contribution in [3.8, 4) is 0 Å². The number of nitrogens with zero attached hydrogens (tertiary/aromatic N) is 4. The van der Waals surface area contributed by atoms with Crippen molar-refractivity contribution in [2.24, 2.45) is 4.99 Å². The minimum Gasteiger partial charge on any atom is -0.379 e. The van der Waals surface area contributed by atoms with Gasteiger partial charge in [-0.1, -0.05) is 0 Å². The molecule has 0 amide bonds. The summed E-state index contributed by atoms with van der Waals surface area (Å²) in [6.07, 6.45) is 4.99. The van der Waals surface area contributed by atoms with Crippen molar-refractivity contribution in [1.29, 1.82) is 0 Å². The van der Waals surface area contributed by atoms with E-state index in [-0.39, 0.29) is 0 Å². The van der Waals surface area contributed by atoms with Crippen molar-refractivity contribution in [3.05, 3.63) is 18.0 Å². The van der Waals surface area contributed by atoms with Crippen molar-refractivity contribution in [3.63, 3.8) is 0 Å². The predicted octanol–water partition coefficient (Wildman–Crippen LogP) is 0.857. The van der Waals surface area contributed by atoms with Crippen molar-refractivity contribution in [1.82, 2.24) is 25.3 Å². The van der Waals surface area contributed by atoms with Crippen LogP contribution in [0.25, 0.3) is 0 Å². The molecule has 1 aliphatic heterocycles. The monoisotopic (exact) mass is 336 g/mol. The number of rotatable bonds is 8. The summed E-state index contributed by atoms with van der Waals surface area (Å²) in [5.74, 6) is 0.897. The van der Waals surface area contributed by atoms with Gasteiger partial charge in [0, 0.05) is 45.0 Å². The highest BCUT2D eigenvalue weighted by Crippen LogP contribution is 2.03. The zero-order valence-electron chi connectivity index (χ0n) is 15.3. The van der Waals surface area contributed by atoms with E-state index in [9.17, 15) is 0 Å². The Balaban J connectivity index is 1.71. The number of aliphatic imine (C=N–C) groups is 1. The lowest BCUT2D eigenvalue weighted by Gasteiger charge is -2.31. The van der Waals surface area contributed by atoms with Gasteiger partial charge in [-0.05, 0) is 32.8 Å². The lowest BCUT2D eigenvalue weighted by Crippen LogP contribution is -2.44. The van der Waals surface area contributed by atoms with Gasteiger partial charge < -0.3 is 15.4 Å². The maximum absolute atomic E-state index is 5.41. The standard InChI is InChI=1S/C17H32N6O/c1-4-18-17(19-6-5-7-23-14-15(2)12-21-23)20-13-16(3)22-8-10-24-11-9-22/h12,14,16H,4-11,13H2,1-3H3,(H2,18,19,20). The average Bonchev–Trinajstić information content (AvgIpc) is 3.02. The van der Waals surface area contributed by atoms with Gasteiger partial charge in [-0.15, -0.1) is 0 Å². The van der Waals surface area contributed by atoms with Crippen LogP contribution in [-0.2, 0) is 11.3 Å². The number of morpholine rings is 1. The minimum absolute atomic E-state index is 0.441. The van der Waals surface area contributed by atoms with E-state index < -0.39 is 0 Å². The van der Waals surface area contributed by atoms with E-state index in [1.165, 1.54) is 5.56 Å². The topological polar surface area (TPSA) is 66.7 Å².